The lowest BCUT2D eigenvalue weighted by Gasteiger charge is -2.30. The van der Waals surface area contributed by atoms with E-state index in [1.165, 1.54) is 0 Å². The molecule has 3 rings (SSSR count). The minimum absolute atomic E-state index is 0.141. The molecule has 156 valence electrons. The van der Waals surface area contributed by atoms with E-state index in [2.05, 4.69) is 4.98 Å². The predicted octanol–water partition coefficient (Wildman–Crippen LogP) is 2.61. The summed E-state index contributed by atoms with van der Waals surface area (Å²) in [6.45, 7) is 0. The first-order chi connectivity index (χ1) is 14.2. The van der Waals surface area contributed by atoms with Gasteiger partial charge in [0.2, 0.25) is 5.91 Å². The Kier molecular flexibility index (Phi) is 6.09. The van der Waals surface area contributed by atoms with E-state index >= 15 is 0 Å². The molecule has 3 N–H and O–H groups in total. The summed E-state index contributed by atoms with van der Waals surface area (Å²) < 4.78 is 0. The van der Waals surface area contributed by atoms with Crippen LogP contribution in [0.25, 0.3) is 0 Å². The maximum atomic E-state index is 13.3. The molecule has 30 heavy (non-hydrogen) atoms. The van der Waals surface area contributed by atoms with Gasteiger partial charge in [-0.3, -0.25) is 19.5 Å². The number of halogens is 2. The second kappa shape index (κ2) is 8.41. The van der Waals surface area contributed by atoms with Crippen molar-refractivity contribution in [2.24, 2.45) is 5.41 Å². The molecular weight excluding hydrogens is 433 g/mol. The number of rotatable bonds is 7. The van der Waals surface area contributed by atoms with Crippen LogP contribution in [-0.4, -0.2) is 45.1 Å². The normalized spacial score (nSPS) is 15.1. The lowest BCUT2D eigenvalue weighted by molar-refractivity contribution is -0.150. The predicted molar refractivity (Wildman–Crippen MR) is 109 cm³/mol. The zero-order chi connectivity index (χ0) is 22.1. The summed E-state index contributed by atoms with van der Waals surface area (Å²) in [6.07, 6.45) is 3.03. The standard InChI is InChI=1S/C20H17Cl2N3O5/c21-13-8-24-9-14(22)16(13)17(27)25(19(30)20(10-26)5-6-20)15(18(28)29)7-11-1-3-12(23)4-2-11/h1-4,8-10,15H,5-7,23H2,(H,28,29)/t15-/m0/s1. The van der Waals surface area contributed by atoms with E-state index in [1.54, 1.807) is 24.3 Å². The van der Waals surface area contributed by atoms with Gasteiger partial charge in [-0.2, -0.15) is 0 Å². The maximum absolute atomic E-state index is 13.3. The van der Waals surface area contributed by atoms with Crippen LogP contribution in [0.1, 0.15) is 28.8 Å². The third-order valence-electron chi connectivity index (χ3n) is 4.95. The number of amides is 2. The molecule has 0 aliphatic heterocycles. The van der Waals surface area contributed by atoms with E-state index in [4.69, 9.17) is 28.9 Å². The van der Waals surface area contributed by atoms with E-state index < -0.39 is 29.2 Å². The Bertz CT molecular complexity index is 1000. The second-order valence-corrected chi connectivity index (χ2v) is 7.85. The molecule has 2 aromatic rings. The SMILES string of the molecule is Nc1ccc(C[C@@H](C(=O)O)N(C(=O)c2c(Cl)cncc2Cl)C(=O)C2(C=O)CC2)cc1. The average molecular weight is 450 g/mol. The van der Waals surface area contributed by atoms with Crippen molar-refractivity contribution in [2.45, 2.75) is 25.3 Å². The van der Waals surface area contributed by atoms with Crippen LogP contribution in [0, 0.1) is 5.41 Å². The number of carboxylic acid groups (broad SMARTS) is 1. The topological polar surface area (TPSA) is 131 Å². The summed E-state index contributed by atoms with van der Waals surface area (Å²) in [5.41, 5.74) is 4.99. The molecule has 2 amide bonds. The van der Waals surface area contributed by atoms with Gasteiger partial charge in [-0.25, -0.2) is 4.79 Å². The van der Waals surface area contributed by atoms with Gasteiger partial charge in [-0.1, -0.05) is 35.3 Å². The minimum atomic E-state index is -1.59. The number of nitrogen functional groups attached to an aromatic ring is 1. The molecule has 1 fully saturated rings. The van der Waals surface area contributed by atoms with E-state index in [0.29, 0.717) is 22.4 Å². The quantitative estimate of drug-likeness (QED) is 0.287. The number of carbonyl (C=O) groups is 4. The van der Waals surface area contributed by atoms with Crippen LogP contribution in [0.5, 0.6) is 0 Å². The first kappa shape index (κ1) is 21.7. The average Bonchev–Trinajstić information content (AvgIpc) is 3.50. The lowest BCUT2D eigenvalue weighted by Crippen LogP contribution is -2.53. The molecule has 0 unspecified atom stereocenters. The van der Waals surface area contributed by atoms with Crippen molar-refractivity contribution in [3.05, 3.63) is 57.8 Å². The maximum Gasteiger partial charge on any atom is 0.327 e. The van der Waals surface area contributed by atoms with Gasteiger partial charge >= 0.3 is 5.97 Å². The summed E-state index contributed by atoms with van der Waals surface area (Å²) in [4.78, 5) is 54.5. The van der Waals surface area contributed by atoms with Gasteiger partial charge in [-0.05, 0) is 30.5 Å². The van der Waals surface area contributed by atoms with Crippen LogP contribution < -0.4 is 5.73 Å². The molecule has 0 spiro atoms. The van der Waals surface area contributed by atoms with Crippen LogP contribution in [0.2, 0.25) is 10.0 Å². The Hall–Kier alpha value is -2.97. The number of nitrogens with zero attached hydrogens (tertiary/aromatic N) is 2. The molecule has 10 heteroatoms. The molecule has 8 nitrogen and oxygen atoms in total. The fourth-order valence-corrected chi connectivity index (χ4v) is 3.56. The Morgan fingerprint density at radius 2 is 1.73 bits per heavy atom. The number of carbonyl (C=O) groups excluding carboxylic acids is 3. The minimum Gasteiger partial charge on any atom is -0.480 e. The number of aliphatic carboxylic acids is 1. The molecule has 0 bridgehead atoms. The van der Waals surface area contributed by atoms with Gasteiger partial charge in [0.1, 0.15) is 17.7 Å². The van der Waals surface area contributed by atoms with Gasteiger partial charge < -0.3 is 15.6 Å². The number of aromatic nitrogens is 1. The monoisotopic (exact) mass is 449 g/mol. The van der Waals surface area contributed by atoms with Crippen LogP contribution >= 0.6 is 23.2 Å². The summed E-state index contributed by atoms with van der Waals surface area (Å²) in [5, 5.41) is 9.58. The molecule has 0 saturated heterocycles. The smallest absolute Gasteiger partial charge is 0.327 e. The van der Waals surface area contributed by atoms with E-state index in [1.807, 2.05) is 0 Å². The number of nitrogens with two attached hydrogens (primary N) is 1. The van der Waals surface area contributed by atoms with E-state index in [-0.39, 0.29) is 34.9 Å². The van der Waals surface area contributed by atoms with Gasteiger partial charge in [-0.15, -0.1) is 0 Å². The molecule has 0 radical (unpaired) electrons. The van der Waals surface area contributed by atoms with Crippen molar-refractivity contribution < 1.29 is 24.3 Å². The van der Waals surface area contributed by atoms with Crippen molar-refractivity contribution in [2.75, 3.05) is 5.73 Å². The molecule has 1 heterocycles. The summed E-state index contributed by atoms with van der Waals surface area (Å²) in [6, 6.07) is 4.75. The Balaban J connectivity index is 2.08. The van der Waals surface area contributed by atoms with E-state index in [9.17, 15) is 24.3 Å². The molecule has 1 aliphatic rings. The Morgan fingerprint density at radius 3 is 2.20 bits per heavy atom. The van der Waals surface area contributed by atoms with Crippen LogP contribution in [0.4, 0.5) is 5.69 Å². The van der Waals surface area contributed by atoms with Gasteiger partial charge in [0.05, 0.1) is 15.6 Å². The van der Waals surface area contributed by atoms with Crippen molar-refractivity contribution in [3.63, 3.8) is 0 Å². The van der Waals surface area contributed by atoms with Crippen LogP contribution in [-0.2, 0) is 20.8 Å². The van der Waals surface area contributed by atoms with Crippen molar-refractivity contribution in [1.82, 2.24) is 9.88 Å². The lowest BCUT2D eigenvalue weighted by atomic mass is 9.99. The first-order valence-electron chi connectivity index (χ1n) is 8.91. The van der Waals surface area contributed by atoms with Gasteiger partial charge in [0, 0.05) is 24.5 Å². The number of hydrogen-bond donors (Lipinski definition) is 2. The van der Waals surface area contributed by atoms with E-state index in [0.717, 1.165) is 12.4 Å². The fraction of sp³-hybridized carbons (Fsp3) is 0.250. The second-order valence-electron chi connectivity index (χ2n) is 7.03. The molecule has 1 saturated carbocycles. The largest absolute Gasteiger partial charge is 0.480 e. The van der Waals surface area contributed by atoms with Crippen molar-refractivity contribution >= 4 is 53.0 Å². The van der Waals surface area contributed by atoms with Crippen molar-refractivity contribution in [1.29, 1.82) is 0 Å². The number of hydrogen-bond acceptors (Lipinski definition) is 6. The third-order valence-corrected chi connectivity index (χ3v) is 5.52. The molecular formula is C20H17Cl2N3O5. The first-order valence-corrected chi connectivity index (χ1v) is 9.66. The number of anilines is 1. The molecule has 1 aliphatic carbocycles. The highest BCUT2D eigenvalue weighted by Gasteiger charge is 2.55. The highest BCUT2D eigenvalue weighted by molar-refractivity contribution is 6.40. The molecule has 1 aromatic carbocycles. The van der Waals surface area contributed by atoms with Gasteiger partial charge in [0.15, 0.2) is 0 Å². The summed E-state index contributed by atoms with van der Waals surface area (Å²) >= 11 is 12.1. The zero-order valence-corrected chi connectivity index (χ0v) is 17.1. The Labute approximate surface area is 181 Å². The van der Waals surface area contributed by atoms with Gasteiger partial charge in [0.25, 0.3) is 5.91 Å². The highest BCUT2D eigenvalue weighted by atomic mass is 35.5. The van der Waals surface area contributed by atoms with Crippen LogP contribution in [0.15, 0.2) is 36.7 Å². The number of benzene rings is 1. The summed E-state index contributed by atoms with van der Waals surface area (Å²) in [5.74, 6) is -3.32. The number of pyridine rings is 1. The fourth-order valence-electron chi connectivity index (χ4n) is 3.03. The van der Waals surface area contributed by atoms with Crippen molar-refractivity contribution in [3.8, 4) is 0 Å². The zero-order valence-electron chi connectivity index (χ0n) is 15.5. The number of carboxylic acids is 1. The Morgan fingerprint density at radius 1 is 1.17 bits per heavy atom. The highest BCUT2D eigenvalue weighted by Crippen LogP contribution is 2.46. The third kappa shape index (κ3) is 4.15. The molecule has 1 aromatic heterocycles. The number of imide groups is 1. The molecule has 1 atom stereocenters. The number of aldehydes is 1. The summed E-state index contributed by atoms with van der Waals surface area (Å²) in [7, 11) is 0. The van der Waals surface area contributed by atoms with Crippen LogP contribution in [0.3, 0.4) is 0 Å².